The van der Waals surface area contributed by atoms with Gasteiger partial charge in [-0.25, -0.2) is 9.97 Å². The van der Waals surface area contributed by atoms with Crippen LogP contribution in [0.4, 0.5) is 0 Å². The Morgan fingerprint density at radius 3 is 2.59 bits per heavy atom. The lowest BCUT2D eigenvalue weighted by molar-refractivity contribution is 0.210. The first-order valence-corrected chi connectivity index (χ1v) is 6.04. The molecule has 2 atom stereocenters. The van der Waals surface area contributed by atoms with Gasteiger partial charge in [-0.2, -0.15) is 0 Å². The molecular formula is C12H21N3O2. The van der Waals surface area contributed by atoms with Gasteiger partial charge in [0.05, 0.1) is 13.2 Å². The number of hydrogen-bond acceptors (Lipinski definition) is 5. The molecule has 1 N–H and O–H groups in total. The summed E-state index contributed by atoms with van der Waals surface area (Å²) in [5.74, 6) is 1.10. The Morgan fingerprint density at radius 2 is 2.00 bits per heavy atom. The van der Waals surface area contributed by atoms with Crippen molar-refractivity contribution in [2.24, 2.45) is 0 Å². The molecule has 1 fully saturated rings. The van der Waals surface area contributed by atoms with Crippen LogP contribution in [0.25, 0.3) is 0 Å². The summed E-state index contributed by atoms with van der Waals surface area (Å²) in [5, 5.41) is 3.32. The SMILES string of the molecule is CC.COc1cc(OC2CNC(C)C2)ncn1. The fraction of sp³-hybridized carbons (Fsp3) is 0.667. The summed E-state index contributed by atoms with van der Waals surface area (Å²) in [5.41, 5.74) is 0. The van der Waals surface area contributed by atoms with Gasteiger partial charge in [0.25, 0.3) is 0 Å². The molecule has 0 bridgehead atoms. The molecule has 17 heavy (non-hydrogen) atoms. The van der Waals surface area contributed by atoms with Crippen LogP contribution in [0.2, 0.25) is 0 Å². The van der Waals surface area contributed by atoms with E-state index in [-0.39, 0.29) is 6.10 Å². The van der Waals surface area contributed by atoms with E-state index in [0.29, 0.717) is 17.8 Å². The zero-order chi connectivity index (χ0) is 12.7. The molecule has 0 radical (unpaired) electrons. The van der Waals surface area contributed by atoms with Crippen LogP contribution in [0.15, 0.2) is 12.4 Å². The zero-order valence-corrected chi connectivity index (χ0v) is 10.9. The average Bonchev–Trinajstić information content (AvgIpc) is 2.77. The first-order valence-electron chi connectivity index (χ1n) is 6.04. The number of methoxy groups -OCH3 is 1. The molecule has 1 aliphatic heterocycles. The molecule has 2 unspecified atom stereocenters. The third-order valence-corrected chi connectivity index (χ3v) is 2.42. The second kappa shape index (κ2) is 7.06. The van der Waals surface area contributed by atoms with Crippen LogP contribution in [-0.2, 0) is 0 Å². The maximum Gasteiger partial charge on any atom is 0.220 e. The Kier molecular flexibility index (Phi) is 5.69. The van der Waals surface area contributed by atoms with Crippen molar-refractivity contribution >= 4 is 0 Å². The third-order valence-electron chi connectivity index (χ3n) is 2.42. The fourth-order valence-corrected chi connectivity index (χ4v) is 1.65. The summed E-state index contributed by atoms with van der Waals surface area (Å²) in [6, 6.07) is 2.21. The predicted molar refractivity (Wildman–Crippen MR) is 66.4 cm³/mol. The second-order valence-electron chi connectivity index (χ2n) is 3.68. The van der Waals surface area contributed by atoms with E-state index in [0.717, 1.165) is 13.0 Å². The smallest absolute Gasteiger partial charge is 0.220 e. The number of nitrogens with zero attached hydrogens (tertiary/aromatic N) is 2. The number of hydrogen-bond donors (Lipinski definition) is 1. The van der Waals surface area contributed by atoms with Gasteiger partial charge in [0, 0.05) is 19.0 Å². The van der Waals surface area contributed by atoms with Gasteiger partial charge < -0.3 is 14.8 Å². The van der Waals surface area contributed by atoms with Crippen LogP contribution in [-0.4, -0.2) is 35.8 Å². The molecule has 0 aromatic carbocycles. The van der Waals surface area contributed by atoms with Crippen LogP contribution < -0.4 is 14.8 Å². The highest BCUT2D eigenvalue weighted by Gasteiger charge is 2.22. The minimum absolute atomic E-state index is 0.194. The van der Waals surface area contributed by atoms with Gasteiger partial charge in [-0.15, -0.1) is 0 Å². The van der Waals surface area contributed by atoms with Gasteiger partial charge in [-0.1, -0.05) is 13.8 Å². The molecule has 5 nitrogen and oxygen atoms in total. The van der Waals surface area contributed by atoms with E-state index in [2.05, 4.69) is 22.2 Å². The zero-order valence-electron chi connectivity index (χ0n) is 10.9. The highest BCUT2D eigenvalue weighted by atomic mass is 16.5. The molecule has 0 aliphatic carbocycles. The predicted octanol–water partition coefficient (Wildman–Crippen LogP) is 1.64. The van der Waals surface area contributed by atoms with Crippen LogP contribution in [0.3, 0.4) is 0 Å². The van der Waals surface area contributed by atoms with Gasteiger partial charge in [-0.05, 0) is 6.92 Å². The minimum Gasteiger partial charge on any atom is -0.481 e. The van der Waals surface area contributed by atoms with Gasteiger partial charge in [-0.3, -0.25) is 0 Å². The van der Waals surface area contributed by atoms with E-state index in [4.69, 9.17) is 9.47 Å². The van der Waals surface area contributed by atoms with Crippen LogP contribution >= 0.6 is 0 Å². The third kappa shape index (κ3) is 4.19. The van der Waals surface area contributed by atoms with E-state index < -0.39 is 0 Å². The Bertz CT molecular complexity index is 333. The van der Waals surface area contributed by atoms with Crippen molar-refractivity contribution in [3.63, 3.8) is 0 Å². The van der Waals surface area contributed by atoms with Gasteiger partial charge >= 0.3 is 0 Å². The number of aromatic nitrogens is 2. The summed E-state index contributed by atoms with van der Waals surface area (Å²) in [4.78, 5) is 7.95. The van der Waals surface area contributed by atoms with E-state index >= 15 is 0 Å². The topological polar surface area (TPSA) is 56.3 Å². The normalized spacial score (nSPS) is 22.6. The van der Waals surface area contributed by atoms with Crippen molar-refractivity contribution in [2.45, 2.75) is 39.3 Å². The summed E-state index contributed by atoms with van der Waals surface area (Å²) < 4.78 is 10.7. The first kappa shape index (κ1) is 13.7. The molecule has 1 aliphatic rings. The van der Waals surface area contributed by atoms with Crippen LogP contribution in [0.5, 0.6) is 11.8 Å². The molecule has 0 amide bonds. The monoisotopic (exact) mass is 239 g/mol. The molecule has 1 aromatic rings. The van der Waals surface area contributed by atoms with Crippen molar-refractivity contribution in [3.05, 3.63) is 12.4 Å². The van der Waals surface area contributed by atoms with E-state index in [9.17, 15) is 0 Å². The molecular weight excluding hydrogens is 218 g/mol. The second-order valence-corrected chi connectivity index (χ2v) is 3.68. The maximum atomic E-state index is 5.69. The molecule has 96 valence electrons. The quantitative estimate of drug-likeness (QED) is 0.869. The number of nitrogens with one attached hydrogen (secondary N) is 1. The van der Waals surface area contributed by atoms with Crippen LogP contribution in [0, 0.1) is 0 Å². The van der Waals surface area contributed by atoms with Crippen molar-refractivity contribution in [1.82, 2.24) is 15.3 Å². The number of ether oxygens (including phenoxy) is 2. The van der Waals surface area contributed by atoms with Gasteiger partial charge in [0.2, 0.25) is 11.8 Å². The fourth-order valence-electron chi connectivity index (χ4n) is 1.65. The molecule has 0 saturated carbocycles. The van der Waals surface area contributed by atoms with Crippen molar-refractivity contribution in [3.8, 4) is 11.8 Å². The molecule has 5 heteroatoms. The largest absolute Gasteiger partial charge is 0.481 e. The van der Waals surface area contributed by atoms with E-state index in [1.54, 1.807) is 13.2 Å². The Morgan fingerprint density at radius 1 is 1.29 bits per heavy atom. The van der Waals surface area contributed by atoms with Crippen molar-refractivity contribution in [2.75, 3.05) is 13.7 Å². The maximum absolute atomic E-state index is 5.69. The Hall–Kier alpha value is -1.36. The van der Waals surface area contributed by atoms with E-state index in [1.807, 2.05) is 13.8 Å². The highest BCUT2D eigenvalue weighted by Crippen LogP contribution is 2.17. The lowest BCUT2D eigenvalue weighted by atomic mass is 10.2. The molecule has 2 rings (SSSR count). The summed E-state index contributed by atoms with van der Waals surface area (Å²) in [7, 11) is 1.57. The van der Waals surface area contributed by atoms with Gasteiger partial charge in [0.1, 0.15) is 12.4 Å². The lowest BCUT2D eigenvalue weighted by Gasteiger charge is -2.11. The van der Waals surface area contributed by atoms with Gasteiger partial charge in [0.15, 0.2) is 0 Å². The molecule has 1 saturated heterocycles. The highest BCUT2D eigenvalue weighted by molar-refractivity contribution is 5.18. The Balaban J connectivity index is 0.000000686. The summed E-state index contributed by atoms with van der Waals surface area (Å²) >= 11 is 0. The minimum atomic E-state index is 0.194. The molecule has 0 spiro atoms. The average molecular weight is 239 g/mol. The standard InChI is InChI=1S/C10H15N3O2.C2H6/c1-7-3-8(5-11-7)15-10-4-9(14-2)12-6-13-10;1-2/h4,6-8,11H,3,5H2,1-2H3;1-2H3. The summed E-state index contributed by atoms with van der Waals surface area (Å²) in [6.45, 7) is 7.01. The van der Waals surface area contributed by atoms with Crippen LogP contribution in [0.1, 0.15) is 27.2 Å². The molecule has 2 heterocycles. The lowest BCUT2D eigenvalue weighted by Crippen LogP contribution is -2.21. The van der Waals surface area contributed by atoms with E-state index in [1.165, 1.54) is 6.33 Å². The summed E-state index contributed by atoms with van der Waals surface area (Å²) in [6.07, 6.45) is 2.64. The first-order chi connectivity index (χ1) is 8.28. The number of rotatable bonds is 3. The molecule has 1 aromatic heterocycles. The van der Waals surface area contributed by atoms with Crippen molar-refractivity contribution < 1.29 is 9.47 Å². The van der Waals surface area contributed by atoms with Crippen molar-refractivity contribution in [1.29, 1.82) is 0 Å². The Labute approximate surface area is 103 Å².